The molecule has 1 fully saturated rings. The van der Waals surface area contributed by atoms with Gasteiger partial charge in [0.2, 0.25) is 0 Å². The van der Waals surface area contributed by atoms with Gasteiger partial charge < -0.3 is 9.84 Å². The van der Waals surface area contributed by atoms with Gasteiger partial charge in [-0.05, 0) is 53.4 Å². The van der Waals surface area contributed by atoms with Crippen molar-refractivity contribution in [2.24, 2.45) is 17.3 Å². The van der Waals surface area contributed by atoms with Crippen molar-refractivity contribution in [2.75, 3.05) is 13.7 Å². The lowest BCUT2D eigenvalue weighted by Crippen LogP contribution is -2.47. The molecule has 2 aromatic carbocycles. The van der Waals surface area contributed by atoms with Gasteiger partial charge in [-0.1, -0.05) is 56.3 Å². The highest BCUT2D eigenvalue weighted by Crippen LogP contribution is 2.45. The summed E-state index contributed by atoms with van der Waals surface area (Å²) in [7, 11) is 1.79. The Morgan fingerprint density at radius 2 is 1.88 bits per heavy atom. The van der Waals surface area contributed by atoms with Crippen molar-refractivity contribution < 1.29 is 9.84 Å². The van der Waals surface area contributed by atoms with Gasteiger partial charge in [-0.25, -0.2) is 0 Å². The summed E-state index contributed by atoms with van der Waals surface area (Å²) in [4.78, 5) is 0. The minimum absolute atomic E-state index is 0.151. The monoisotopic (exact) mass is 326 g/mol. The van der Waals surface area contributed by atoms with Crippen LogP contribution in [0.15, 0.2) is 42.5 Å². The lowest BCUT2D eigenvalue weighted by molar-refractivity contribution is -0.101. The quantitative estimate of drug-likeness (QED) is 0.852. The van der Waals surface area contributed by atoms with Crippen LogP contribution >= 0.6 is 0 Å². The maximum absolute atomic E-state index is 9.95. The molecule has 2 heteroatoms. The van der Waals surface area contributed by atoms with E-state index in [9.17, 15) is 5.11 Å². The Kier molecular flexibility index (Phi) is 5.27. The van der Waals surface area contributed by atoms with Gasteiger partial charge in [0, 0.05) is 19.6 Å². The zero-order chi connectivity index (χ0) is 17.2. The molecule has 0 bridgehead atoms. The lowest BCUT2D eigenvalue weighted by atomic mass is 9.64. The van der Waals surface area contributed by atoms with E-state index in [4.69, 9.17) is 4.74 Å². The van der Waals surface area contributed by atoms with Gasteiger partial charge in [-0.15, -0.1) is 0 Å². The number of ether oxygens (including phenoxy) is 1. The van der Waals surface area contributed by atoms with Gasteiger partial charge in [-0.3, -0.25) is 0 Å². The van der Waals surface area contributed by atoms with E-state index >= 15 is 0 Å². The van der Waals surface area contributed by atoms with Crippen LogP contribution in [-0.2, 0) is 11.2 Å². The molecule has 1 aliphatic carbocycles. The maximum atomic E-state index is 9.95. The summed E-state index contributed by atoms with van der Waals surface area (Å²) in [5.41, 5.74) is 1.55. The van der Waals surface area contributed by atoms with Crippen LogP contribution in [0.4, 0.5) is 0 Å². The number of rotatable bonds is 5. The first-order valence-corrected chi connectivity index (χ1v) is 9.16. The minimum atomic E-state index is 0.151. The second-order valence-electron chi connectivity index (χ2n) is 8.01. The molecule has 0 aliphatic heterocycles. The number of fused-ring (bicyclic) bond motifs is 1. The minimum Gasteiger partial charge on any atom is -0.396 e. The summed E-state index contributed by atoms with van der Waals surface area (Å²) >= 11 is 0. The molecule has 3 rings (SSSR count). The summed E-state index contributed by atoms with van der Waals surface area (Å²) in [6, 6.07) is 15.3. The third-order valence-electron chi connectivity index (χ3n) is 6.01. The second kappa shape index (κ2) is 7.25. The van der Waals surface area contributed by atoms with Crippen molar-refractivity contribution in [2.45, 2.75) is 45.6 Å². The summed E-state index contributed by atoms with van der Waals surface area (Å²) in [6.45, 7) is 4.76. The van der Waals surface area contributed by atoms with E-state index in [1.165, 1.54) is 29.2 Å². The van der Waals surface area contributed by atoms with Gasteiger partial charge >= 0.3 is 0 Å². The van der Waals surface area contributed by atoms with Gasteiger partial charge in [0.25, 0.3) is 0 Å². The number of methoxy groups -OCH3 is 1. The molecule has 0 radical (unpaired) electrons. The van der Waals surface area contributed by atoms with Gasteiger partial charge in [-0.2, -0.15) is 0 Å². The molecule has 24 heavy (non-hydrogen) atoms. The van der Waals surface area contributed by atoms with Crippen LogP contribution in [0.2, 0.25) is 0 Å². The van der Waals surface area contributed by atoms with E-state index in [2.05, 4.69) is 56.3 Å². The number of hydrogen-bond acceptors (Lipinski definition) is 2. The Balaban J connectivity index is 1.70. The Morgan fingerprint density at radius 3 is 2.58 bits per heavy atom. The largest absolute Gasteiger partial charge is 0.396 e. The van der Waals surface area contributed by atoms with Crippen molar-refractivity contribution in [3.8, 4) is 0 Å². The standard InChI is InChI=1S/C22H30O2/c1-22(2)13-12-18(20(15-23)21(22)24-3)11-9-16-8-10-17-6-4-5-7-19(17)14-16/h4-8,10,14,18,20-21,23H,9,11-13,15H2,1-3H3. The van der Waals surface area contributed by atoms with E-state index in [1.54, 1.807) is 7.11 Å². The first-order valence-electron chi connectivity index (χ1n) is 9.16. The van der Waals surface area contributed by atoms with Crippen molar-refractivity contribution in [3.63, 3.8) is 0 Å². The van der Waals surface area contributed by atoms with E-state index in [1.807, 2.05) is 0 Å². The molecular weight excluding hydrogens is 296 g/mol. The third kappa shape index (κ3) is 3.50. The molecule has 3 unspecified atom stereocenters. The van der Waals surface area contributed by atoms with Crippen LogP contribution in [0.3, 0.4) is 0 Å². The number of aliphatic hydroxyl groups is 1. The fourth-order valence-corrected chi connectivity index (χ4v) is 4.58. The summed E-state index contributed by atoms with van der Waals surface area (Å²) < 4.78 is 5.79. The Bertz CT molecular complexity index is 676. The summed E-state index contributed by atoms with van der Waals surface area (Å²) in [6.07, 6.45) is 4.70. The van der Waals surface area contributed by atoms with Crippen LogP contribution < -0.4 is 0 Å². The Labute approximate surface area is 145 Å². The molecule has 0 saturated heterocycles. The molecule has 1 N–H and O–H groups in total. The summed E-state index contributed by atoms with van der Waals surface area (Å²) in [5.74, 6) is 0.790. The maximum Gasteiger partial charge on any atom is 0.0674 e. The van der Waals surface area contributed by atoms with E-state index in [0.29, 0.717) is 5.92 Å². The molecule has 1 aliphatic rings. The average Bonchev–Trinajstić information content (AvgIpc) is 2.59. The van der Waals surface area contributed by atoms with Crippen molar-refractivity contribution >= 4 is 10.8 Å². The highest BCUT2D eigenvalue weighted by molar-refractivity contribution is 5.82. The molecule has 0 aromatic heterocycles. The molecule has 0 amide bonds. The van der Waals surface area contributed by atoms with Gasteiger partial charge in [0.1, 0.15) is 0 Å². The summed E-state index contributed by atoms with van der Waals surface area (Å²) in [5, 5.41) is 12.6. The predicted molar refractivity (Wildman–Crippen MR) is 100 cm³/mol. The zero-order valence-electron chi connectivity index (χ0n) is 15.2. The van der Waals surface area contributed by atoms with E-state index in [-0.39, 0.29) is 24.0 Å². The molecule has 3 atom stereocenters. The molecule has 0 heterocycles. The van der Waals surface area contributed by atoms with Gasteiger partial charge in [0.15, 0.2) is 0 Å². The van der Waals surface area contributed by atoms with Crippen LogP contribution in [0, 0.1) is 17.3 Å². The highest BCUT2D eigenvalue weighted by atomic mass is 16.5. The SMILES string of the molecule is COC1C(CO)C(CCc2ccc3ccccc3c2)CCC1(C)C. The Hall–Kier alpha value is -1.38. The van der Waals surface area contributed by atoms with Crippen LogP contribution in [-0.4, -0.2) is 24.9 Å². The fraction of sp³-hybridized carbons (Fsp3) is 0.545. The van der Waals surface area contributed by atoms with Gasteiger partial charge in [0.05, 0.1) is 6.10 Å². The van der Waals surface area contributed by atoms with Crippen molar-refractivity contribution in [1.82, 2.24) is 0 Å². The first kappa shape index (κ1) is 17.4. The molecule has 0 spiro atoms. The molecule has 1 saturated carbocycles. The number of hydrogen-bond donors (Lipinski definition) is 1. The van der Waals surface area contributed by atoms with Crippen LogP contribution in [0.5, 0.6) is 0 Å². The molecule has 2 aromatic rings. The van der Waals surface area contributed by atoms with E-state index < -0.39 is 0 Å². The predicted octanol–water partition coefficient (Wildman–Crippen LogP) is 4.83. The molecular formula is C22H30O2. The number of aryl methyl sites for hydroxylation is 1. The fourth-order valence-electron chi connectivity index (χ4n) is 4.58. The number of benzene rings is 2. The molecule has 2 nitrogen and oxygen atoms in total. The number of aliphatic hydroxyl groups excluding tert-OH is 1. The first-order chi connectivity index (χ1) is 11.5. The zero-order valence-corrected chi connectivity index (χ0v) is 15.2. The smallest absolute Gasteiger partial charge is 0.0674 e. The average molecular weight is 326 g/mol. The molecule has 130 valence electrons. The van der Waals surface area contributed by atoms with Crippen LogP contribution in [0.1, 0.15) is 38.7 Å². The lowest BCUT2D eigenvalue weighted by Gasteiger charge is -2.46. The highest BCUT2D eigenvalue weighted by Gasteiger charge is 2.43. The Morgan fingerprint density at radius 1 is 1.12 bits per heavy atom. The van der Waals surface area contributed by atoms with Crippen LogP contribution in [0.25, 0.3) is 10.8 Å². The normalized spacial score (nSPS) is 26.6. The second-order valence-corrected chi connectivity index (χ2v) is 8.01. The van der Waals surface area contributed by atoms with E-state index in [0.717, 1.165) is 12.8 Å². The third-order valence-corrected chi connectivity index (χ3v) is 6.01. The topological polar surface area (TPSA) is 29.5 Å². The van der Waals surface area contributed by atoms with Crippen molar-refractivity contribution in [3.05, 3.63) is 48.0 Å². The van der Waals surface area contributed by atoms with Crippen molar-refractivity contribution in [1.29, 1.82) is 0 Å².